The van der Waals surface area contributed by atoms with E-state index in [0.717, 1.165) is 31.5 Å². The number of aromatic nitrogens is 1. The molecular weight excluding hydrogens is 512 g/mol. The molecule has 228 valence electrons. The minimum atomic E-state index is -0.346. The number of benzene rings is 1. The standard InChI is InChI=1S/C35H55N2O4/c1-5-7-8-9-10-11-12-13-14-15-16-17-18-21-27-41-33-24-23-31(28-34(33)40-4)35(39)37(30(3)38)29-32-22-19-20-26-36(32)25-6-2/h19-20,22-24,26,28H,5-18,21,25,27,29H2,1-4H3/q+1. The summed E-state index contributed by atoms with van der Waals surface area (Å²) in [6.45, 7) is 7.47. The van der Waals surface area contributed by atoms with Crippen LogP contribution in [0.25, 0.3) is 0 Å². The smallest absolute Gasteiger partial charge is 0.261 e. The van der Waals surface area contributed by atoms with E-state index in [1.807, 2.05) is 24.4 Å². The zero-order valence-electron chi connectivity index (χ0n) is 26.3. The fourth-order valence-corrected chi connectivity index (χ4v) is 5.16. The summed E-state index contributed by atoms with van der Waals surface area (Å²) >= 11 is 0. The fraction of sp³-hybridized carbons (Fsp3) is 0.629. The Kier molecular flexibility index (Phi) is 17.5. The van der Waals surface area contributed by atoms with Gasteiger partial charge in [-0.1, -0.05) is 103 Å². The molecule has 0 unspecified atom stereocenters. The maximum atomic E-state index is 13.3. The van der Waals surface area contributed by atoms with Crippen LogP contribution < -0.4 is 14.0 Å². The van der Waals surface area contributed by atoms with Crippen LogP contribution in [0, 0.1) is 0 Å². The van der Waals surface area contributed by atoms with Crippen molar-refractivity contribution in [3.8, 4) is 11.5 Å². The van der Waals surface area contributed by atoms with Crippen LogP contribution in [0.4, 0.5) is 0 Å². The van der Waals surface area contributed by atoms with Gasteiger partial charge in [0, 0.05) is 31.0 Å². The van der Waals surface area contributed by atoms with Crippen LogP contribution in [0.2, 0.25) is 0 Å². The van der Waals surface area contributed by atoms with E-state index in [1.165, 1.54) is 88.9 Å². The lowest BCUT2D eigenvalue weighted by Gasteiger charge is -2.19. The summed E-state index contributed by atoms with van der Waals surface area (Å²) in [4.78, 5) is 27.1. The van der Waals surface area contributed by atoms with E-state index >= 15 is 0 Å². The number of imide groups is 1. The fourth-order valence-electron chi connectivity index (χ4n) is 5.16. The van der Waals surface area contributed by atoms with Crippen molar-refractivity contribution < 1.29 is 23.6 Å². The van der Waals surface area contributed by atoms with Crippen LogP contribution in [-0.4, -0.2) is 30.4 Å². The molecule has 0 spiro atoms. The molecule has 0 aliphatic rings. The molecule has 2 amide bonds. The van der Waals surface area contributed by atoms with Crippen molar-refractivity contribution in [3.63, 3.8) is 0 Å². The molecule has 6 heteroatoms. The molecule has 2 rings (SSSR count). The highest BCUT2D eigenvalue weighted by molar-refractivity contribution is 6.04. The Labute approximate surface area is 249 Å². The van der Waals surface area contributed by atoms with E-state index in [0.29, 0.717) is 23.7 Å². The first-order valence-electron chi connectivity index (χ1n) is 16.1. The molecule has 2 aromatic rings. The molecule has 0 saturated heterocycles. The predicted molar refractivity (Wildman–Crippen MR) is 166 cm³/mol. The highest BCUT2D eigenvalue weighted by Crippen LogP contribution is 2.29. The van der Waals surface area contributed by atoms with Crippen molar-refractivity contribution in [2.24, 2.45) is 0 Å². The first-order chi connectivity index (χ1) is 20.0. The van der Waals surface area contributed by atoms with Gasteiger partial charge in [-0.3, -0.25) is 14.5 Å². The molecule has 0 fully saturated rings. The zero-order chi connectivity index (χ0) is 29.7. The summed E-state index contributed by atoms with van der Waals surface area (Å²) in [7, 11) is 1.57. The van der Waals surface area contributed by atoms with Gasteiger partial charge in [-0.25, -0.2) is 4.57 Å². The van der Waals surface area contributed by atoms with Crippen molar-refractivity contribution >= 4 is 11.8 Å². The average Bonchev–Trinajstić information content (AvgIpc) is 2.98. The van der Waals surface area contributed by atoms with Gasteiger partial charge in [-0.15, -0.1) is 0 Å². The first kappa shape index (κ1) is 34.3. The second kappa shape index (κ2) is 20.9. The number of amides is 2. The Hall–Kier alpha value is -2.89. The molecule has 1 aromatic heterocycles. The van der Waals surface area contributed by atoms with Gasteiger partial charge >= 0.3 is 0 Å². The molecule has 0 saturated carbocycles. The molecule has 41 heavy (non-hydrogen) atoms. The molecule has 1 heterocycles. The van der Waals surface area contributed by atoms with E-state index < -0.39 is 0 Å². The molecule has 1 aromatic carbocycles. The number of unbranched alkanes of at least 4 members (excludes halogenated alkanes) is 13. The number of pyridine rings is 1. The topological polar surface area (TPSA) is 59.7 Å². The van der Waals surface area contributed by atoms with E-state index in [-0.39, 0.29) is 18.4 Å². The highest BCUT2D eigenvalue weighted by atomic mass is 16.5. The van der Waals surface area contributed by atoms with Gasteiger partial charge in [0.05, 0.1) is 13.7 Å². The summed E-state index contributed by atoms with van der Waals surface area (Å²) in [6.07, 6.45) is 21.5. The Morgan fingerprint density at radius 2 is 1.37 bits per heavy atom. The van der Waals surface area contributed by atoms with Crippen molar-refractivity contribution in [2.75, 3.05) is 13.7 Å². The van der Waals surface area contributed by atoms with Gasteiger partial charge in [0.1, 0.15) is 13.1 Å². The number of ether oxygens (including phenoxy) is 2. The van der Waals surface area contributed by atoms with Gasteiger partial charge in [-0.05, 0) is 24.6 Å². The molecule has 0 atom stereocenters. The minimum Gasteiger partial charge on any atom is -0.493 e. The lowest BCUT2D eigenvalue weighted by atomic mass is 10.0. The number of methoxy groups -OCH3 is 1. The summed E-state index contributed by atoms with van der Waals surface area (Å²) in [6, 6.07) is 11.0. The molecule has 6 nitrogen and oxygen atoms in total. The average molecular weight is 568 g/mol. The van der Waals surface area contributed by atoms with Crippen molar-refractivity contribution in [2.45, 2.75) is 130 Å². The number of carbonyl (C=O) groups excluding carboxylic acids is 2. The zero-order valence-corrected chi connectivity index (χ0v) is 26.3. The van der Waals surface area contributed by atoms with Crippen LogP contribution in [0.5, 0.6) is 11.5 Å². The molecule has 0 aliphatic heterocycles. The van der Waals surface area contributed by atoms with Crippen LogP contribution in [0.1, 0.15) is 133 Å². The van der Waals surface area contributed by atoms with Gasteiger partial charge in [0.25, 0.3) is 5.91 Å². The number of rotatable bonds is 22. The van der Waals surface area contributed by atoms with Gasteiger partial charge in [0.2, 0.25) is 11.6 Å². The monoisotopic (exact) mass is 567 g/mol. The second-order valence-electron chi connectivity index (χ2n) is 11.1. The van der Waals surface area contributed by atoms with E-state index in [1.54, 1.807) is 25.3 Å². The Morgan fingerprint density at radius 1 is 0.756 bits per heavy atom. The van der Waals surface area contributed by atoms with Gasteiger partial charge in [-0.2, -0.15) is 0 Å². The number of nitrogens with zero attached hydrogens (tertiary/aromatic N) is 2. The minimum absolute atomic E-state index is 0.217. The van der Waals surface area contributed by atoms with Gasteiger partial charge in [0.15, 0.2) is 17.7 Å². The molecular formula is C35H55N2O4+. The summed E-state index contributed by atoms with van der Waals surface area (Å²) in [5.74, 6) is 0.489. The number of aryl methyl sites for hydroxylation is 1. The Bertz CT molecular complexity index is 1020. The predicted octanol–water partition coefficient (Wildman–Crippen LogP) is 8.44. The molecule has 0 aliphatic carbocycles. The normalized spacial score (nSPS) is 10.9. The third kappa shape index (κ3) is 13.1. The lowest BCUT2D eigenvalue weighted by molar-refractivity contribution is -0.704. The summed E-state index contributed by atoms with van der Waals surface area (Å²) < 4.78 is 13.6. The largest absolute Gasteiger partial charge is 0.493 e. The number of carbonyl (C=O) groups is 2. The van der Waals surface area contributed by atoms with E-state index in [2.05, 4.69) is 18.4 Å². The third-order valence-corrected chi connectivity index (χ3v) is 7.61. The third-order valence-electron chi connectivity index (χ3n) is 7.61. The van der Waals surface area contributed by atoms with Crippen LogP contribution in [0.15, 0.2) is 42.6 Å². The Morgan fingerprint density at radius 3 is 1.93 bits per heavy atom. The molecule has 0 N–H and O–H groups in total. The van der Waals surface area contributed by atoms with Crippen LogP contribution in [0.3, 0.4) is 0 Å². The first-order valence-corrected chi connectivity index (χ1v) is 16.1. The van der Waals surface area contributed by atoms with Crippen LogP contribution >= 0.6 is 0 Å². The van der Waals surface area contributed by atoms with E-state index in [9.17, 15) is 9.59 Å². The van der Waals surface area contributed by atoms with E-state index in [4.69, 9.17) is 9.47 Å². The summed E-state index contributed by atoms with van der Waals surface area (Å²) in [5.41, 5.74) is 1.32. The molecule has 0 radical (unpaired) electrons. The molecule has 0 bridgehead atoms. The SMILES string of the molecule is CCCCCCCCCCCCCCCCOc1ccc(C(=O)N(Cc2cccc[n+]2CCC)C(C)=O)cc1OC. The second-order valence-corrected chi connectivity index (χ2v) is 11.1. The summed E-state index contributed by atoms with van der Waals surface area (Å²) in [5, 5.41) is 0. The van der Waals surface area contributed by atoms with Crippen molar-refractivity contribution in [1.29, 1.82) is 0 Å². The maximum Gasteiger partial charge on any atom is 0.261 e. The Balaban J connectivity index is 1.74. The number of hydrogen-bond acceptors (Lipinski definition) is 4. The van der Waals surface area contributed by atoms with Crippen LogP contribution in [-0.2, 0) is 17.9 Å². The maximum absolute atomic E-state index is 13.3. The lowest BCUT2D eigenvalue weighted by Crippen LogP contribution is -2.43. The van der Waals surface area contributed by atoms with Gasteiger partial charge < -0.3 is 9.47 Å². The quantitative estimate of drug-likeness (QED) is 0.106. The number of hydrogen-bond donors (Lipinski definition) is 0. The van der Waals surface area contributed by atoms with Crippen molar-refractivity contribution in [3.05, 3.63) is 53.9 Å². The highest BCUT2D eigenvalue weighted by Gasteiger charge is 2.25. The van der Waals surface area contributed by atoms with Crippen molar-refractivity contribution in [1.82, 2.24) is 4.90 Å².